The van der Waals surface area contributed by atoms with Crippen LogP contribution in [0.4, 0.5) is 5.69 Å². The van der Waals surface area contributed by atoms with Crippen molar-refractivity contribution in [2.24, 2.45) is 0 Å². The van der Waals surface area contributed by atoms with Gasteiger partial charge in [0.15, 0.2) is 0 Å². The number of aliphatic hydroxyl groups excluding tert-OH is 1. The molecule has 3 aromatic carbocycles. The van der Waals surface area contributed by atoms with Crippen LogP contribution < -0.4 is 10.1 Å². The number of para-hydroxylation sites is 2. The zero-order valence-corrected chi connectivity index (χ0v) is 16.8. The second-order valence-corrected chi connectivity index (χ2v) is 7.19. The van der Waals surface area contributed by atoms with Gasteiger partial charge in [-0.1, -0.05) is 35.9 Å². The average molecular weight is 422 g/mol. The summed E-state index contributed by atoms with van der Waals surface area (Å²) in [5, 5.41) is 12.8. The number of imidazole rings is 1. The third-order valence-electron chi connectivity index (χ3n) is 4.61. The topological polar surface area (TPSA) is 76.4 Å². The minimum absolute atomic E-state index is 0.0813. The van der Waals surface area contributed by atoms with Gasteiger partial charge in [0.25, 0.3) is 0 Å². The van der Waals surface area contributed by atoms with Gasteiger partial charge in [-0.25, -0.2) is 4.98 Å². The average Bonchev–Trinajstić information content (AvgIpc) is 3.11. The number of benzene rings is 3. The molecule has 0 bridgehead atoms. The highest BCUT2D eigenvalue weighted by molar-refractivity contribution is 6.30. The maximum Gasteiger partial charge on any atom is 0.244 e. The molecule has 0 radical (unpaired) electrons. The van der Waals surface area contributed by atoms with Crippen molar-refractivity contribution in [3.05, 3.63) is 89.2 Å². The van der Waals surface area contributed by atoms with Gasteiger partial charge in [-0.05, 0) is 54.1 Å². The van der Waals surface area contributed by atoms with E-state index in [1.54, 1.807) is 48.5 Å². The second kappa shape index (κ2) is 8.98. The Morgan fingerprint density at radius 1 is 1.07 bits per heavy atom. The first-order valence-corrected chi connectivity index (χ1v) is 9.82. The molecule has 30 heavy (non-hydrogen) atoms. The van der Waals surface area contributed by atoms with E-state index in [2.05, 4.69) is 10.3 Å². The summed E-state index contributed by atoms with van der Waals surface area (Å²) < 4.78 is 7.69. The zero-order valence-electron chi connectivity index (χ0n) is 16.1. The van der Waals surface area contributed by atoms with Crippen molar-refractivity contribution in [2.75, 3.05) is 5.32 Å². The molecule has 0 atom stereocenters. The van der Waals surface area contributed by atoms with Crippen molar-refractivity contribution in [3.63, 3.8) is 0 Å². The number of anilines is 1. The van der Waals surface area contributed by atoms with Gasteiger partial charge in [0, 0.05) is 10.7 Å². The van der Waals surface area contributed by atoms with E-state index < -0.39 is 0 Å². The number of hydrogen-bond acceptors (Lipinski definition) is 4. The lowest BCUT2D eigenvalue weighted by Crippen LogP contribution is -2.20. The number of carbonyl (C=O) groups is 1. The highest BCUT2D eigenvalue weighted by Gasteiger charge is 2.14. The van der Waals surface area contributed by atoms with E-state index >= 15 is 0 Å². The van der Waals surface area contributed by atoms with Crippen LogP contribution in [0.15, 0.2) is 72.8 Å². The molecule has 0 aliphatic rings. The van der Waals surface area contributed by atoms with E-state index in [1.165, 1.54) is 0 Å². The molecule has 0 aliphatic heterocycles. The van der Waals surface area contributed by atoms with Gasteiger partial charge in [0.2, 0.25) is 5.91 Å². The molecule has 0 unspecified atom stereocenters. The van der Waals surface area contributed by atoms with Gasteiger partial charge in [-0.3, -0.25) is 4.79 Å². The Morgan fingerprint density at radius 3 is 2.67 bits per heavy atom. The van der Waals surface area contributed by atoms with Crippen molar-refractivity contribution < 1.29 is 14.6 Å². The lowest BCUT2D eigenvalue weighted by Gasteiger charge is -2.11. The predicted octanol–water partition coefficient (Wildman–Crippen LogP) is 4.40. The Labute approximate surface area is 178 Å². The van der Waals surface area contributed by atoms with Crippen LogP contribution in [0.3, 0.4) is 0 Å². The van der Waals surface area contributed by atoms with Gasteiger partial charge in [0.05, 0.1) is 17.6 Å². The summed E-state index contributed by atoms with van der Waals surface area (Å²) in [6.07, 6.45) is 0. The van der Waals surface area contributed by atoms with Crippen LogP contribution >= 0.6 is 11.6 Å². The summed E-state index contributed by atoms with van der Waals surface area (Å²) in [4.78, 5) is 17.3. The Kier molecular flexibility index (Phi) is 5.97. The standard InChI is InChI=1S/C23H20ClN3O3/c24-17-8-10-19(11-9-17)30-15-22-26-20-6-1-2-7-21(20)27(22)13-23(29)25-18-5-3-4-16(12-18)14-28/h1-12,28H,13-15H2,(H,25,29). The number of carbonyl (C=O) groups excluding carboxylic acids is 1. The molecule has 7 heteroatoms. The summed E-state index contributed by atoms with van der Waals surface area (Å²) >= 11 is 5.92. The SMILES string of the molecule is O=C(Cn1c(COc2ccc(Cl)cc2)nc2ccccc21)Nc1cccc(CO)c1. The highest BCUT2D eigenvalue weighted by atomic mass is 35.5. The summed E-state index contributed by atoms with van der Waals surface area (Å²) in [5.41, 5.74) is 3.02. The van der Waals surface area contributed by atoms with E-state index in [0.717, 1.165) is 16.6 Å². The molecular weight excluding hydrogens is 402 g/mol. The van der Waals surface area contributed by atoms with Crippen LogP contribution in [-0.2, 0) is 24.6 Å². The predicted molar refractivity (Wildman–Crippen MR) is 117 cm³/mol. The minimum atomic E-state index is -0.194. The van der Waals surface area contributed by atoms with E-state index in [-0.39, 0.29) is 25.7 Å². The quantitative estimate of drug-likeness (QED) is 0.463. The number of aromatic nitrogens is 2. The van der Waals surface area contributed by atoms with Crippen molar-refractivity contribution in [1.82, 2.24) is 9.55 Å². The third-order valence-corrected chi connectivity index (χ3v) is 4.86. The summed E-state index contributed by atoms with van der Waals surface area (Å²) in [7, 11) is 0. The van der Waals surface area contributed by atoms with Gasteiger partial charge in [-0.15, -0.1) is 0 Å². The van der Waals surface area contributed by atoms with Gasteiger partial charge >= 0.3 is 0 Å². The molecular formula is C23H20ClN3O3. The molecule has 4 rings (SSSR count). The van der Waals surface area contributed by atoms with E-state index in [0.29, 0.717) is 22.3 Å². The number of ether oxygens (including phenoxy) is 1. The fraction of sp³-hybridized carbons (Fsp3) is 0.130. The molecule has 6 nitrogen and oxygen atoms in total. The van der Waals surface area contributed by atoms with Crippen molar-refractivity contribution >= 4 is 34.2 Å². The zero-order chi connectivity index (χ0) is 20.9. The number of halogens is 1. The smallest absolute Gasteiger partial charge is 0.244 e. The number of fused-ring (bicyclic) bond motifs is 1. The Morgan fingerprint density at radius 2 is 1.87 bits per heavy atom. The number of hydrogen-bond donors (Lipinski definition) is 2. The molecule has 0 saturated heterocycles. The third kappa shape index (κ3) is 4.62. The molecule has 2 N–H and O–H groups in total. The molecule has 1 aromatic heterocycles. The Hall–Kier alpha value is -3.35. The van der Waals surface area contributed by atoms with E-state index in [9.17, 15) is 9.90 Å². The molecule has 1 heterocycles. The Balaban J connectivity index is 1.54. The molecule has 152 valence electrons. The van der Waals surface area contributed by atoms with Crippen LogP contribution in [0.1, 0.15) is 11.4 Å². The summed E-state index contributed by atoms with van der Waals surface area (Å²) in [6, 6.07) is 21.9. The maximum atomic E-state index is 12.7. The van der Waals surface area contributed by atoms with Gasteiger partial charge in [-0.2, -0.15) is 0 Å². The van der Waals surface area contributed by atoms with Crippen LogP contribution in [0.5, 0.6) is 5.75 Å². The first-order chi connectivity index (χ1) is 14.6. The monoisotopic (exact) mass is 421 g/mol. The highest BCUT2D eigenvalue weighted by Crippen LogP contribution is 2.20. The fourth-order valence-electron chi connectivity index (χ4n) is 3.18. The molecule has 0 fully saturated rings. The van der Waals surface area contributed by atoms with Gasteiger partial charge in [0.1, 0.15) is 24.7 Å². The number of nitrogens with zero attached hydrogens (tertiary/aromatic N) is 2. The summed E-state index contributed by atoms with van der Waals surface area (Å²) in [5.74, 6) is 1.12. The van der Waals surface area contributed by atoms with Crippen molar-refractivity contribution in [2.45, 2.75) is 19.8 Å². The largest absolute Gasteiger partial charge is 0.486 e. The maximum absolute atomic E-state index is 12.7. The van der Waals surface area contributed by atoms with Crippen molar-refractivity contribution in [1.29, 1.82) is 0 Å². The first kappa shape index (κ1) is 19.9. The Bertz CT molecular complexity index is 1170. The van der Waals surface area contributed by atoms with Crippen LogP contribution in [-0.4, -0.2) is 20.6 Å². The summed E-state index contributed by atoms with van der Waals surface area (Å²) in [6.45, 7) is 0.217. The minimum Gasteiger partial charge on any atom is -0.486 e. The number of aliphatic hydroxyl groups is 1. The number of rotatable bonds is 7. The normalized spacial score (nSPS) is 10.9. The lowest BCUT2D eigenvalue weighted by atomic mass is 10.2. The number of amides is 1. The molecule has 0 aliphatic carbocycles. The molecule has 1 amide bonds. The van der Waals surface area contributed by atoms with E-state index in [1.807, 2.05) is 28.8 Å². The second-order valence-electron chi connectivity index (χ2n) is 6.75. The van der Waals surface area contributed by atoms with E-state index in [4.69, 9.17) is 16.3 Å². The fourth-order valence-corrected chi connectivity index (χ4v) is 3.31. The molecule has 0 spiro atoms. The van der Waals surface area contributed by atoms with Gasteiger partial charge < -0.3 is 19.7 Å². The molecule has 0 saturated carbocycles. The van der Waals surface area contributed by atoms with Crippen LogP contribution in [0, 0.1) is 0 Å². The number of nitrogens with one attached hydrogen (secondary N) is 1. The van der Waals surface area contributed by atoms with Crippen LogP contribution in [0.25, 0.3) is 11.0 Å². The first-order valence-electron chi connectivity index (χ1n) is 9.44. The van der Waals surface area contributed by atoms with Crippen molar-refractivity contribution in [3.8, 4) is 5.75 Å². The lowest BCUT2D eigenvalue weighted by molar-refractivity contribution is -0.116. The van der Waals surface area contributed by atoms with Crippen LogP contribution in [0.2, 0.25) is 5.02 Å². The molecule has 4 aromatic rings.